The highest BCUT2D eigenvalue weighted by atomic mass is 16.5. The zero-order chi connectivity index (χ0) is 18.5. The van der Waals surface area contributed by atoms with Crippen molar-refractivity contribution in [2.24, 2.45) is 0 Å². The fourth-order valence-corrected chi connectivity index (χ4v) is 3.96. The van der Waals surface area contributed by atoms with Crippen molar-refractivity contribution in [2.45, 2.75) is 57.0 Å². The minimum Gasteiger partial charge on any atom is -0.493 e. The number of hydrogen-bond acceptors (Lipinski definition) is 5. The lowest BCUT2D eigenvalue weighted by atomic mass is 9.94. The third kappa shape index (κ3) is 4.01. The molecule has 6 nitrogen and oxygen atoms in total. The Balaban J connectivity index is 1.53. The Hall–Kier alpha value is -2.08. The average molecular weight is 360 g/mol. The number of likely N-dealkylation sites (tertiary alicyclic amines) is 1. The standard InChI is InChI=1S/C20H28N2O4/c1-25-17-9-8-14(12-18(17)26-2)10-11-21-16-13-19(23)22(20(16)24)15-6-4-3-5-7-15/h8-9,12,15-16,21H,3-7,10-11,13H2,1-2H3/t16-/m0/s1. The maximum Gasteiger partial charge on any atom is 0.247 e. The molecule has 1 saturated carbocycles. The van der Waals surface area contributed by atoms with E-state index >= 15 is 0 Å². The summed E-state index contributed by atoms with van der Waals surface area (Å²) in [5.74, 6) is 1.32. The van der Waals surface area contributed by atoms with Crippen molar-refractivity contribution >= 4 is 11.8 Å². The number of imide groups is 1. The van der Waals surface area contributed by atoms with Gasteiger partial charge >= 0.3 is 0 Å². The van der Waals surface area contributed by atoms with E-state index in [-0.39, 0.29) is 30.3 Å². The first kappa shape index (κ1) is 18.7. The second-order valence-electron chi connectivity index (χ2n) is 7.04. The topological polar surface area (TPSA) is 67.9 Å². The van der Waals surface area contributed by atoms with Gasteiger partial charge in [-0.3, -0.25) is 14.5 Å². The SMILES string of the molecule is COc1ccc(CCN[C@H]2CC(=O)N(C3CCCCC3)C2=O)cc1OC. The van der Waals surface area contributed by atoms with E-state index in [4.69, 9.17) is 9.47 Å². The van der Waals surface area contributed by atoms with Gasteiger partial charge in [-0.05, 0) is 43.5 Å². The van der Waals surface area contributed by atoms with Crippen molar-refractivity contribution in [2.75, 3.05) is 20.8 Å². The second-order valence-corrected chi connectivity index (χ2v) is 7.04. The van der Waals surface area contributed by atoms with E-state index in [0.29, 0.717) is 18.0 Å². The number of methoxy groups -OCH3 is 2. The summed E-state index contributed by atoms with van der Waals surface area (Å²) in [7, 11) is 3.22. The van der Waals surface area contributed by atoms with Gasteiger partial charge in [0.1, 0.15) is 0 Å². The van der Waals surface area contributed by atoms with Gasteiger partial charge in [0.05, 0.1) is 26.7 Å². The van der Waals surface area contributed by atoms with Crippen molar-refractivity contribution in [1.29, 1.82) is 0 Å². The molecule has 26 heavy (non-hydrogen) atoms. The molecule has 1 N–H and O–H groups in total. The second kappa shape index (κ2) is 8.54. The Morgan fingerprint density at radius 3 is 2.50 bits per heavy atom. The summed E-state index contributed by atoms with van der Waals surface area (Å²) >= 11 is 0. The molecule has 0 radical (unpaired) electrons. The normalized spacial score (nSPS) is 21.3. The van der Waals surface area contributed by atoms with Crippen molar-refractivity contribution in [3.63, 3.8) is 0 Å². The van der Waals surface area contributed by atoms with Crippen LogP contribution in [0.15, 0.2) is 18.2 Å². The molecule has 2 fully saturated rings. The molecule has 0 unspecified atom stereocenters. The smallest absolute Gasteiger partial charge is 0.247 e. The molecular formula is C20H28N2O4. The number of amides is 2. The minimum absolute atomic E-state index is 0.0227. The molecule has 142 valence electrons. The predicted molar refractivity (Wildman–Crippen MR) is 98.4 cm³/mol. The lowest BCUT2D eigenvalue weighted by Crippen LogP contribution is -2.45. The zero-order valence-electron chi connectivity index (χ0n) is 15.6. The first-order valence-corrected chi connectivity index (χ1v) is 9.44. The molecule has 1 aliphatic heterocycles. The number of ether oxygens (including phenoxy) is 2. The molecule has 3 rings (SSSR count). The van der Waals surface area contributed by atoms with E-state index in [1.807, 2.05) is 18.2 Å². The van der Waals surface area contributed by atoms with Crippen LogP contribution in [0.1, 0.15) is 44.1 Å². The number of benzene rings is 1. The highest BCUT2D eigenvalue weighted by Crippen LogP contribution is 2.28. The summed E-state index contributed by atoms with van der Waals surface area (Å²) in [6, 6.07) is 5.53. The maximum absolute atomic E-state index is 12.6. The van der Waals surface area contributed by atoms with Crippen LogP contribution in [0.25, 0.3) is 0 Å². The van der Waals surface area contributed by atoms with E-state index in [0.717, 1.165) is 37.7 Å². The van der Waals surface area contributed by atoms with Crippen molar-refractivity contribution in [3.8, 4) is 11.5 Å². The van der Waals surface area contributed by atoms with Gasteiger partial charge in [-0.25, -0.2) is 0 Å². The van der Waals surface area contributed by atoms with Gasteiger partial charge in [-0.1, -0.05) is 25.3 Å². The first-order valence-electron chi connectivity index (χ1n) is 9.44. The van der Waals surface area contributed by atoms with Crippen LogP contribution in [0.5, 0.6) is 11.5 Å². The zero-order valence-corrected chi connectivity index (χ0v) is 15.6. The summed E-state index contributed by atoms with van der Waals surface area (Å²) in [5, 5.41) is 3.26. The predicted octanol–water partition coefficient (Wildman–Crippen LogP) is 2.30. The fourth-order valence-electron chi connectivity index (χ4n) is 3.96. The first-order chi connectivity index (χ1) is 12.6. The summed E-state index contributed by atoms with van der Waals surface area (Å²) in [6.07, 6.45) is 6.37. The van der Waals surface area contributed by atoms with Gasteiger partial charge in [0.2, 0.25) is 11.8 Å². The minimum atomic E-state index is -0.385. The molecule has 1 saturated heterocycles. The Labute approximate surface area is 154 Å². The van der Waals surface area contributed by atoms with E-state index in [2.05, 4.69) is 5.32 Å². The van der Waals surface area contributed by atoms with Crippen LogP contribution in [0, 0.1) is 0 Å². The van der Waals surface area contributed by atoms with Crippen molar-refractivity contribution < 1.29 is 19.1 Å². The molecule has 0 aromatic heterocycles. The van der Waals surface area contributed by atoms with E-state index in [9.17, 15) is 9.59 Å². The van der Waals surface area contributed by atoms with Gasteiger partial charge in [0, 0.05) is 6.04 Å². The maximum atomic E-state index is 12.6. The molecule has 2 aliphatic rings. The summed E-state index contributed by atoms with van der Waals surface area (Å²) in [4.78, 5) is 26.5. The number of nitrogens with zero attached hydrogens (tertiary/aromatic N) is 1. The number of carbonyl (C=O) groups excluding carboxylic acids is 2. The Kier molecular flexibility index (Phi) is 6.14. The fraction of sp³-hybridized carbons (Fsp3) is 0.600. The molecule has 1 heterocycles. The van der Waals surface area contributed by atoms with Gasteiger partial charge in [0.15, 0.2) is 11.5 Å². The van der Waals surface area contributed by atoms with Crippen LogP contribution in [-0.4, -0.2) is 49.6 Å². The summed E-state index contributed by atoms with van der Waals surface area (Å²) in [6.45, 7) is 0.637. The Bertz CT molecular complexity index is 655. The van der Waals surface area contributed by atoms with Crippen molar-refractivity contribution in [1.82, 2.24) is 10.2 Å². The molecule has 1 aliphatic carbocycles. The molecule has 6 heteroatoms. The van der Waals surface area contributed by atoms with Gasteiger partial charge in [0.25, 0.3) is 0 Å². The lowest BCUT2D eigenvalue weighted by molar-refractivity contribution is -0.142. The van der Waals surface area contributed by atoms with E-state index in [1.54, 1.807) is 14.2 Å². The molecule has 1 aromatic rings. The summed E-state index contributed by atoms with van der Waals surface area (Å²) in [5.41, 5.74) is 1.09. The Morgan fingerprint density at radius 2 is 1.81 bits per heavy atom. The monoisotopic (exact) mass is 360 g/mol. The quantitative estimate of drug-likeness (QED) is 0.756. The largest absolute Gasteiger partial charge is 0.493 e. The van der Waals surface area contributed by atoms with Crippen molar-refractivity contribution in [3.05, 3.63) is 23.8 Å². The molecule has 1 atom stereocenters. The van der Waals surface area contributed by atoms with Crippen LogP contribution in [0.4, 0.5) is 0 Å². The van der Waals surface area contributed by atoms with Crippen LogP contribution in [-0.2, 0) is 16.0 Å². The van der Waals surface area contributed by atoms with Gasteiger partial charge < -0.3 is 14.8 Å². The molecule has 1 aromatic carbocycles. The third-order valence-corrected chi connectivity index (χ3v) is 5.38. The van der Waals surface area contributed by atoms with Crippen LogP contribution < -0.4 is 14.8 Å². The highest BCUT2D eigenvalue weighted by molar-refractivity contribution is 6.05. The number of carbonyl (C=O) groups is 2. The number of hydrogen-bond donors (Lipinski definition) is 1. The average Bonchev–Trinajstić information content (AvgIpc) is 2.95. The molecular weight excluding hydrogens is 332 g/mol. The van der Waals surface area contributed by atoms with E-state index in [1.165, 1.54) is 11.3 Å². The van der Waals surface area contributed by atoms with Crippen LogP contribution in [0.3, 0.4) is 0 Å². The van der Waals surface area contributed by atoms with Crippen LogP contribution >= 0.6 is 0 Å². The number of nitrogens with one attached hydrogen (secondary N) is 1. The van der Waals surface area contributed by atoms with Gasteiger partial charge in [-0.2, -0.15) is 0 Å². The molecule has 0 bridgehead atoms. The van der Waals surface area contributed by atoms with Crippen LogP contribution in [0.2, 0.25) is 0 Å². The molecule has 2 amide bonds. The van der Waals surface area contributed by atoms with E-state index < -0.39 is 0 Å². The third-order valence-electron chi connectivity index (χ3n) is 5.38. The van der Waals surface area contributed by atoms with Gasteiger partial charge in [-0.15, -0.1) is 0 Å². The summed E-state index contributed by atoms with van der Waals surface area (Å²) < 4.78 is 10.6. The Morgan fingerprint density at radius 1 is 1.08 bits per heavy atom. The lowest BCUT2D eigenvalue weighted by Gasteiger charge is -2.29. The molecule has 0 spiro atoms. The highest BCUT2D eigenvalue weighted by Gasteiger charge is 2.42. The number of rotatable bonds is 7.